The van der Waals surface area contributed by atoms with Gasteiger partial charge < -0.3 is 9.84 Å². The monoisotopic (exact) mass is 348 g/mol. The van der Waals surface area contributed by atoms with Crippen LogP contribution in [0.4, 0.5) is 5.69 Å². The van der Waals surface area contributed by atoms with Gasteiger partial charge in [-0.3, -0.25) is 14.7 Å². The van der Waals surface area contributed by atoms with E-state index in [0.29, 0.717) is 11.4 Å². The highest BCUT2D eigenvalue weighted by atomic mass is 16.5. The van der Waals surface area contributed by atoms with E-state index in [-0.39, 0.29) is 24.8 Å². The summed E-state index contributed by atoms with van der Waals surface area (Å²) in [4.78, 5) is 18.5. The van der Waals surface area contributed by atoms with Crippen molar-refractivity contribution in [3.8, 4) is 11.5 Å². The summed E-state index contributed by atoms with van der Waals surface area (Å²) in [5.41, 5.74) is 2.27. The maximum absolute atomic E-state index is 12.8. The number of carbonyl (C=O) groups excluding carboxylic acids is 1. The van der Waals surface area contributed by atoms with Gasteiger partial charge in [-0.2, -0.15) is 0 Å². The summed E-state index contributed by atoms with van der Waals surface area (Å²) in [6.45, 7) is 2.10. The number of amides is 1. The molecule has 1 N–H and O–H groups in total. The maximum Gasteiger partial charge on any atom is 0.265 e. The summed E-state index contributed by atoms with van der Waals surface area (Å²) in [5.74, 6) is 0.392. The summed E-state index contributed by atoms with van der Waals surface area (Å²) in [7, 11) is 0. The van der Waals surface area contributed by atoms with Gasteiger partial charge in [0.2, 0.25) is 0 Å². The largest absolute Gasteiger partial charge is 0.506 e. The van der Waals surface area contributed by atoms with Gasteiger partial charge in [0, 0.05) is 6.20 Å². The van der Waals surface area contributed by atoms with Crippen LogP contribution in [0.15, 0.2) is 72.9 Å². The Hall–Kier alpha value is -3.34. The molecule has 0 radical (unpaired) electrons. The predicted molar refractivity (Wildman–Crippen MR) is 100 cm³/mol. The Morgan fingerprint density at radius 3 is 2.46 bits per heavy atom. The van der Waals surface area contributed by atoms with Crippen molar-refractivity contribution in [1.29, 1.82) is 0 Å². The van der Waals surface area contributed by atoms with Gasteiger partial charge >= 0.3 is 0 Å². The molecule has 0 saturated carbocycles. The van der Waals surface area contributed by atoms with Crippen LogP contribution in [0.3, 0.4) is 0 Å². The second kappa shape index (κ2) is 8.16. The molecule has 1 heterocycles. The van der Waals surface area contributed by atoms with Crippen LogP contribution in [-0.2, 0) is 11.3 Å². The molecule has 0 fully saturated rings. The summed E-state index contributed by atoms with van der Waals surface area (Å²) >= 11 is 0. The van der Waals surface area contributed by atoms with E-state index in [2.05, 4.69) is 4.98 Å². The first kappa shape index (κ1) is 17.5. The third kappa shape index (κ3) is 4.39. The molecule has 5 nitrogen and oxygen atoms in total. The number of hydrogen-bond acceptors (Lipinski definition) is 4. The minimum Gasteiger partial charge on any atom is -0.506 e. The van der Waals surface area contributed by atoms with Gasteiger partial charge in [0.15, 0.2) is 6.61 Å². The van der Waals surface area contributed by atoms with Gasteiger partial charge in [-0.1, -0.05) is 35.9 Å². The topological polar surface area (TPSA) is 62.7 Å². The Balaban J connectivity index is 1.79. The summed E-state index contributed by atoms with van der Waals surface area (Å²) in [5, 5.41) is 10.2. The number of nitrogens with zero attached hydrogens (tertiary/aromatic N) is 2. The molecule has 0 saturated heterocycles. The Morgan fingerprint density at radius 2 is 1.77 bits per heavy atom. The molecule has 0 unspecified atom stereocenters. The van der Waals surface area contributed by atoms with Crippen molar-refractivity contribution >= 4 is 11.6 Å². The molecule has 3 aromatic rings. The highest BCUT2D eigenvalue weighted by Gasteiger charge is 2.20. The number of benzene rings is 2. The molecule has 5 heteroatoms. The number of rotatable bonds is 6. The highest BCUT2D eigenvalue weighted by molar-refractivity contribution is 5.95. The molecular formula is C21H20N2O3. The molecule has 0 spiro atoms. The first-order valence-electron chi connectivity index (χ1n) is 8.31. The van der Waals surface area contributed by atoms with E-state index in [1.165, 1.54) is 4.90 Å². The fourth-order valence-electron chi connectivity index (χ4n) is 2.51. The summed E-state index contributed by atoms with van der Waals surface area (Å²) in [6.07, 6.45) is 1.67. The molecular weight excluding hydrogens is 328 g/mol. The number of hydrogen-bond donors (Lipinski definition) is 1. The summed E-state index contributed by atoms with van der Waals surface area (Å²) in [6, 6.07) is 19.7. The van der Waals surface area contributed by atoms with Crippen molar-refractivity contribution in [3.63, 3.8) is 0 Å². The molecule has 0 bridgehead atoms. The second-order valence-electron chi connectivity index (χ2n) is 5.89. The van der Waals surface area contributed by atoms with E-state index in [4.69, 9.17) is 4.74 Å². The maximum atomic E-state index is 12.8. The molecule has 132 valence electrons. The van der Waals surface area contributed by atoms with E-state index < -0.39 is 0 Å². The number of phenolic OH excluding ortho intramolecular Hbond substituents is 1. The highest BCUT2D eigenvalue weighted by Crippen LogP contribution is 2.28. The first-order chi connectivity index (χ1) is 12.6. The SMILES string of the molecule is Cc1ccc(OCC(=O)N(Cc2ccccn2)c2ccccc2O)cc1. The minimum absolute atomic E-state index is 0.0344. The Bertz CT molecular complexity index is 864. The smallest absolute Gasteiger partial charge is 0.265 e. The lowest BCUT2D eigenvalue weighted by Crippen LogP contribution is -2.34. The molecule has 0 aliphatic carbocycles. The van der Waals surface area contributed by atoms with Gasteiger partial charge in [0.05, 0.1) is 17.9 Å². The molecule has 1 aromatic heterocycles. The number of carbonyl (C=O) groups is 1. The van der Waals surface area contributed by atoms with Crippen LogP contribution in [0.2, 0.25) is 0 Å². The molecule has 0 atom stereocenters. The van der Waals surface area contributed by atoms with E-state index >= 15 is 0 Å². The van der Waals surface area contributed by atoms with Crippen LogP contribution in [0, 0.1) is 6.92 Å². The number of aromatic nitrogens is 1. The van der Waals surface area contributed by atoms with E-state index in [1.807, 2.05) is 49.4 Å². The quantitative estimate of drug-likeness (QED) is 0.738. The Kier molecular flexibility index (Phi) is 5.49. The normalized spacial score (nSPS) is 10.3. The van der Waals surface area contributed by atoms with Crippen LogP contribution < -0.4 is 9.64 Å². The average molecular weight is 348 g/mol. The molecule has 2 aromatic carbocycles. The zero-order valence-corrected chi connectivity index (χ0v) is 14.5. The van der Waals surface area contributed by atoms with Crippen LogP contribution in [0.25, 0.3) is 0 Å². The van der Waals surface area contributed by atoms with Gasteiger partial charge in [-0.15, -0.1) is 0 Å². The fourth-order valence-corrected chi connectivity index (χ4v) is 2.51. The third-order valence-corrected chi connectivity index (χ3v) is 3.90. The van der Waals surface area contributed by atoms with Crippen molar-refractivity contribution in [1.82, 2.24) is 4.98 Å². The van der Waals surface area contributed by atoms with Crippen molar-refractivity contribution < 1.29 is 14.6 Å². The van der Waals surface area contributed by atoms with Crippen molar-refractivity contribution in [2.24, 2.45) is 0 Å². The number of pyridine rings is 1. The van der Waals surface area contributed by atoms with Crippen LogP contribution in [0.1, 0.15) is 11.3 Å². The minimum atomic E-state index is -0.266. The molecule has 3 rings (SSSR count). The lowest BCUT2D eigenvalue weighted by Gasteiger charge is -2.23. The zero-order valence-electron chi connectivity index (χ0n) is 14.5. The van der Waals surface area contributed by atoms with Crippen molar-refractivity contribution in [3.05, 3.63) is 84.2 Å². The van der Waals surface area contributed by atoms with Crippen molar-refractivity contribution in [2.45, 2.75) is 13.5 Å². The molecule has 1 amide bonds. The van der Waals surface area contributed by atoms with Crippen LogP contribution >= 0.6 is 0 Å². The Morgan fingerprint density at radius 1 is 1.04 bits per heavy atom. The molecule has 0 aliphatic heterocycles. The van der Waals surface area contributed by atoms with Gasteiger partial charge in [-0.25, -0.2) is 0 Å². The third-order valence-electron chi connectivity index (χ3n) is 3.90. The number of aryl methyl sites for hydroxylation is 1. The fraction of sp³-hybridized carbons (Fsp3) is 0.143. The van der Waals surface area contributed by atoms with Gasteiger partial charge in [-0.05, 0) is 43.3 Å². The number of ether oxygens (including phenoxy) is 1. The lowest BCUT2D eigenvalue weighted by molar-refractivity contribution is -0.120. The van der Waals surface area contributed by atoms with Gasteiger partial charge in [0.25, 0.3) is 5.91 Å². The number of para-hydroxylation sites is 2. The standard InChI is InChI=1S/C21H20N2O3/c1-16-9-11-18(12-10-16)26-15-21(25)23(14-17-6-4-5-13-22-17)19-7-2-3-8-20(19)24/h2-13,24H,14-15H2,1H3. The van der Waals surface area contributed by atoms with E-state index in [0.717, 1.165) is 11.3 Å². The van der Waals surface area contributed by atoms with Crippen LogP contribution in [0.5, 0.6) is 11.5 Å². The number of aromatic hydroxyl groups is 1. The predicted octanol–water partition coefficient (Wildman–Crippen LogP) is 3.71. The lowest BCUT2D eigenvalue weighted by atomic mass is 10.2. The summed E-state index contributed by atoms with van der Waals surface area (Å²) < 4.78 is 5.61. The van der Waals surface area contributed by atoms with E-state index in [1.54, 1.807) is 30.5 Å². The molecule has 0 aliphatic rings. The molecule has 26 heavy (non-hydrogen) atoms. The Labute approximate surface area is 152 Å². The second-order valence-corrected chi connectivity index (χ2v) is 5.89. The van der Waals surface area contributed by atoms with Gasteiger partial charge in [0.1, 0.15) is 11.5 Å². The van der Waals surface area contributed by atoms with Crippen molar-refractivity contribution in [2.75, 3.05) is 11.5 Å². The first-order valence-corrected chi connectivity index (χ1v) is 8.31. The average Bonchev–Trinajstić information content (AvgIpc) is 2.67. The van der Waals surface area contributed by atoms with Crippen LogP contribution in [-0.4, -0.2) is 22.6 Å². The zero-order chi connectivity index (χ0) is 18.4. The van der Waals surface area contributed by atoms with E-state index in [9.17, 15) is 9.90 Å². The number of phenols is 1. The number of anilines is 1.